The highest BCUT2D eigenvalue weighted by molar-refractivity contribution is 5.79. The molecule has 3 heteroatoms. The van der Waals surface area contributed by atoms with Crippen molar-refractivity contribution >= 4 is 5.97 Å². The third-order valence-corrected chi connectivity index (χ3v) is 3.73. The molecule has 1 saturated carbocycles. The lowest BCUT2D eigenvalue weighted by Gasteiger charge is -2.28. The van der Waals surface area contributed by atoms with Crippen LogP contribution in [0.2, 0.25) is 0 Å². The van der Waals surface area contributed by atoms with Crippen LogP contribution in [-0.4, -0.2) is 11.1 Å². The van der Waals surface area contributed by atoms with Gasteiger partial charge in [0.15, 0.2) is 0 Å². The summed E-state index contributed by atoms with van der Waals surface area (Å²) >= 11 is 0. The summed E-state index contributed by atoms with van der Waals surface area (Å²) in [6.45, 7) is 0. The first kappa shape index (κ1) is 8.09. The van der Waals surface area contributed by atoms with Gasteiger partial charge in [-0.25, -0.2) is 0 Å². The summed E-state index contributed by atoms with van der Waals surface area (Å²) in [4.78, 5) is 11.2. The number of carbonyl (C=O) groups is 1. The number of carboxylic acid groups (broad SMARTS) is 1. The van der Waals surface area contributed by atoms with Gasteiger partial charge >= 0.3 is 5.97 Å². The van der Waals surface area contributed by atoms with Gasteiger partial charge in [0.2, 0.25) is 0 Å². The quantitative estimate of drug-likeness (QED) is 0.741. The van der Waals surface area contributed by atoms with Crippen molar-refractivity contribution in [2.24, 2.45) is 5.41 Å². The molecule has 0 amide bonds. The van der Waals surface area contributed by atoms with Crippen LogP contribution >= 0.6 is 0 Å². The Labute approximate surface area is 81.7 Å². The van der Waals surface area contributed by atoms with Crippen LogP contribution < -0.4 is 0 Å². The van der Waals surface area contributed by atoms with E-state index in [1.807, 2.05) is 0 Å². The predicted octanol–water partition coefficient (Wildman–Crippen LogP) is 2.17. The molecule has 1 spiro atoms. The molecule has 1 fully saturated rings. The molecule has 2 aliphatic carbocycles. The van der Waals surface area contributed by atoms with Crippen LogP contribution in [0.15, 0.2) is 16.9 Å². The summed E-state index contributed by atoms with van der Waals surface area (Å²) in [6, 6.07) is 0. The summed E-state index contributed by atoms with van der Waals surface area (Å²) in [5.74, 6) is -1.00. The van der Waals surface area contributed by atoms with Crippen molar-refractivity contribution in [2.45, 2.75) is 31.6 Å². The fourth-order valence-electron chi connectivity index (χ4n) is 2.74. The average Bonchev–Trinajstić information content (AvgIpc) is 2.75. The number of rotatable bonds is 1. The van der Waals surface area contributed by atoms with E-state index in [0.29, 0.717) is 0 Å². The normalized spacial score (nSPS) is 27.3. The second-order valence-corrected chi connectivity index (χ2v) is 4.49. The standard InChI is InChI=1S/C11H12O3/c12-10(13)9-8-6-14-5-7(8)1-2-11(9)3-4-11/h5-6,9H,1-4H2,(H,12,13). The molecule has 0 aromatic carbocycles. The number of furan rings is 1. The maximum atomic E-state index is 11.2. The molecule has 3 rings (SSSR count). The number of hydrogen-bond donors (Lipinski definition) is 1. The van der Waals surface area contributed by atoms with E-state index in [0.717, 1.165) is 36.8 Å². The first-order chi connectivity index (χ1) is 6.73. The topological polar surface area (TPSA) is 50.4 Å². The lowest BCUT2D eigenvalue weighted by molar-refractivity contribution is -0.141. The molecule has 3 nitrogen and oxygen atoms in total. The Morgan fingerprint density at radius 3 is 2.86 bits per heavy atom. The third kappa shape index (κ3) is 0.897. The zero-order chi connectivity index (χ0) is 9.76. The average molecular weight is 192 g/mol. The lowest BCUT2D eigenvalue weighted by atomic mass is 9.74. The minimum Gasteiger partial charge on any atom is -0.481 e. The predicted molar refractivity (Wildman–Crippen MR) is 49.1 cm³/mol. The molecular formula is C11H12O3. The number of aryl methyl sites for hydroxylation is 1. The molecule has 1 N–H and O–H groups in total. The van der Waals surface area contributed by atoms with E-state index in [1.165, 1.54) is 0 Å². The largest absolute Gasteiger partial charge is 0.481 e. The number of carboxylic acids is 1. The molecule has 74 valence electrons. The number of aliphatic carboxylic acids is 1. The summed E-state index contributed by atoms with van der Waals surface area (Å²) in [7, 11) is 0. The first-order valence-corrected chi connectivity index (χ1v) is 5.01. The first-order valence-electron chi connectivity index (χ1n) is 5.01. The van der Waals surface area contributed by atoms with E-state index in [2.05, 4.69) is 0 Å². The number of fused-ring (bicyclic) bond motifs is 1. The Morgan fingerprint density at radius 1 is 1.43 bits per heavy atom. The van der Waals surface area contributed by atoms with Gasteiger partial charge < -0.3 is 9.52 Å². The van der Waals surface area contributed by atoms with Gasteiger partial charge in [0.1, 0.15) is 0 Å². The lowest BCUT2D eigenvalue weighted by Crippen LogP contribution is -2.27. The van der Waals surface area contributed by atoms with Gasteiger partial charge in [-0.2, -0.15) is 0 Å². The van der Waals surface area contributed by atoms with Crippen molar-refractivity contribution in [3.05, 3.63) is 23.7 Å². The monoisotopic (exact) mass is 192 g/mol. The highest BCUT2D eigenvalue weighted by atomic mass is 16.4. The van der Waals surface area contributed by atoms with Crippen LogP contribution in [0.1, 0.15) is 36.3 Å². The molecule has 1 aromatic rings. The van der Waals surface area contributed by atoms with Crippen molar-refractivity contribution in [3.8, 4) is 0 Å². The van der Waals surface area contributed by atoms with E-state index in [4.69, 9.17) is 4.42 Å². The van der Waals surface area contributed by atoms with Crippen molar-refractivity contribution in [1.82, 2.24) is 0 Å². The fourth-order valence-corrected chi connectivity index (χ4v) is 2.74. The van der Waals surface area contributed by atoms with E-state index in [1.54, 1.807) is 12.5 Å². The van der Waals surface area contributed by atoms with Crippen molar-refractivity contribution in [3.63, 3.8) is 0 Å². The maximum absolute atomic E-state index is 11.2. The molecule has 14 heavy (non-hydrogen) atoms. The molecule has 0 aliphatic heterocycles. The van der Waals surface area contributed by atoms with Crippen molar-refractivity contribution < 1.29 is 14.3 Å². The van der Waals surface area contributed by atoms with Crippen LogP contribution in [0.3, 0.4) is 0 Å². The Morgan fingerprint density at radius 2 is 2.21 bits per heavy atom. The molecule has 0 saturated heterocycles. The van der Waals surface area contributed by atoms with Crippen molar-refractivity contribution in [2.75, 3.05) is 0 Å². The minimum atomic E-state index is -0.690. The van der Waals surface area contributed by atoms with Gasteiger partial charge in [-0.3, -0.25) is 4.79 Å². The molecule has 1 heterocycles. The van der Waals surface area contributed by atoms with Gasteiger partial charge in [-0.05, 0) is 36.7 Å². The van der Waals surface area contributed by atoms with E-state index < -0.39 is 5.97 Å². The van der Waals surface area contributed by atoms with Gasteiger partial charge in [0.25, 0.3) is 0 Å². The highest BCUT2D eigenvalue weighted by Crippen LogP contribution is 2.62. The maximum Gasteiger partial charge on any atom is 0.311 e. The Balaban J connectivity index is 2.10. The Kier molecular flexibility index (Phi) is 1.39. The minimum absolute atomic E-state index is 0.0721. The van der Waals surface area contributed by atoms with E-state index >= 15 is 0 Å². The van der Waals surface area contributed by atoms with Gasteiger partial charge in [-0.1, -0.05) is 0 Å². The Bertz CT molecular complexity index is 387. The van der Waals surface area contributed by atoms with Gasteiger partial charge in [-0.15, -0.1) is 0 Å². The summed E-state index contributed by atoms with van der Waals surface area (Å²) in [6.07, 6.45) is 7.43. The van der Waals surface area contributed by atoms with Crippen molar-refractivity contribution in [1.29, 1.82) is 0 Å². The van der Waals surface area contributed by atoms with Crippen LogP contribution in [0.5, 0.6) is 0 Å². The van der Waals surface area contributed by atoms with Crippen LogP contribution in [-0.2, 0) is 11.2 Å². The van der Waals surface area contributed by atoms with Crippen LogP contribution in [0.4, 0.5) is 0 Å². The van der Waals surface area contributed by atoms with Crippen LogP contribution in [0, 0.1) is 5.41 Å². The van der Waals surface area contributed by atoms with Crippen LogP contribution in [0.25, 0.3) is 0 Å². The molecule has 1 atom stereocenters. The van der Waals surface area contributed by atoms with E-state index in [-0.39, 0.29) is 11.3 Å². The SMILES string of the molecule is O=C(O)C1c2cocc2CCC12CC2. The summed E-state index contributed by atoms with van der Waals surface area (Å²) in [5, 5.41) is 9.24. The number of hydrogen-bond acceptors (Lipinski definition) is 2. The molecule has 0 bridgehead atoms. The molecule has 1 aromatic heterocycles. The molecule has 1 unspecified atom stereocenters. The highest BCUT2D eigenvalue weighted by Gasteiger charge is 2.55. The second-order valence-electron chi connectivity index (χ2n) is 4.49. The summed E-state index contributed by atoms with van der Waals surface area (Å²) < 4.78 is 5.11. The van der Waals surface area contributed by atoms with E-state index in [9.17, 15) is 9.90 Å². The fraction of sp³-hybridized carbons (Fsp3) is 0.545. The van der Waals surface area contributed by atoms with Gasteiger partial charge in [0.05, 0.1) is 18.4 Å². The second kappa shape index (κ2) is 2.41. The molecule has 2 aliphatic rings. The van der Waals surface area contributed by atoms with Gasteiger partial charge in [0, 0.05) is 5.56 Å². The third-order valence-electron chi connectivity index (χ3n) is 3.73. The smallest absolute Gasteiger partial charge is 0.311 e. The zero-order valence-electron chi connectivity index (χ0n) is 7.82. The zero-order valence-corrected chi connectivity index (χ0v) is 7.82. The summed E-state index contributed by atoms with van der Waals surface area (Å²) in [5.41, 5.74) is 2.08. The Hall–Kier alpha value is -1.25. The molecular weight excluding hydrogens is 180 g/mol. The molecule has 0 radical (unpaired) electrons.